The Morgan fingerprint density at radius 2 is 2.35 bits per heavy atom. The molecule has 1 aliphatic rings. The number of hydrogen-bond acceptors (Lipinski definition) is 4. The fourth-order valence-corrected chi connectivity index (χ4v) is 1.62. The minimum absolute atomic E-state index is 0.107. The van der Waals surface area contributed by atoms with E-state index < -0.39 is 17.3 Å². The van der Waals surface area contributed by atoms with Crippen LogP contribution < -0.4 is 10.5 Å². The fourth-order valence-electron chi connectivity index (χ4n) is 1.62. The van der Waals surface area contributed by atoms with E-state index in [-0.39, 0.29) is 17.5 Å². The lowest BCUT2D eigenvalue weighted by Crippen LogP contribution is -2.17. The summed E-state index contributed by atoms with van der Waals surface area (Å²) in [5.41, 5.74) is 5.26. The highest BCUT2D eigenvalue weighted by Crippen LogP contribution is 2.27. The molecule has 0 radical (unpaired) electrons. The molecule has 1 unspecified atom stereocenters. The molecule has 1 heterocycles. The van der Waals surface area contributed by atoms with Gasteiger partial charge in [0.1, 0.15) is 17.7 Å². The van der Waals surface area contributed by atoms with Crippen LogP contribution in [0.5, 0.6) is 5.75 Å². The number of aromatic carboxylic acids is 1. The van der Waals surface area contributed by atoms with E-state index in [2.05, 4.69) is 0 Å². The molecule has 6 heteroatoms. The lowest BCUT2D eigenvalue weighted by Gasteiger charge is -2.14. The van der Waals surface area contributed by atoms with Crippen molar-refractivity contribution in [2.45, 2.75) is 12.5 Å². The summed E-state index contributed by atoms with van der Waals surface area (Å²) >= 11 is 0. The molecule has 5 nitrogen and oxygen atoms in total. The topological polar surface area (TPSA) is 81.8 Å². The van der Waals surface area contributed by atoms with Crippen LogP contribution in [0, 0.1) is 5.82 Å². The second-order valence-electron chi connectivity index (χ2n) is 3.78. The molecule has 1 fully saturated rings. The Bertz CT molecular complexity index is 443. The standard InChI is InChI=1S/C11H12FNO4/c12-8-4-10(17-6-1-2-16-5-6)9(13)3-7(8)11(14)15/h3-4,6H,1-2,5,13H2,(H,14,15). The normalized spacial score (nSPS) is 19.2. The van der Waals surface area contributed by atoms with Crippen LogP contribution in [-0.4, -0.2) is 30.4 Å². The van der Waals surface area contributed by atoms with E-state index in [9.17, 15) is 9.18 Å². The van der Waals surface area contributed by atoms with E-state index in [4.69, 9.17) is 20.3 Å². The molecule has 0 aromatic heterocycles. The fraction of sp³-hybridized carbons (Fsp3) is 0.364. The summed E-state index contributed by atoms with van der Waals surface area (Å²) in [6.45, 7) is 1.03. The lowest BCUT2D eigenvalue weighted by molar-refractivity contribution is 0.0691. The minimum Gasteiger partial charge on any atom is -0.486 e. The number of nitrogens with two attached hydrogens (primary N) is 1. The quantitative estimate of drug-likeness (QED) is 0.779. The van der Waals surface area contributed by atoms with Gasteiger partial charge < -0.3 is 20.3 Å². The Morgan fingerprint density at radius 3 is 2.94 bits per heavy atom. The number of carbonyl (C=O) groups is 1. The molecule has 1 atom stereocenters. The number of halogens is 1. The Balaban J connectivity index is 2.23. The number of carboxylic acids is 1. The first-order valence-electron chi connectivity index (χ1n) is 5.14. The van der Waals surface area contributed by atoms with Gasteiger partial charge in [0.25, 0.3) is 0 Å². The molecule has 17 heavy (non-hydrogen) atoms. The van der Waals surface area contributed by atoms with Crippen molar-refractivity contribution >= 4 is 11.7 Å². The summed E-state index contributed by atoms with van der Waals surface area (Å²) in [4.78, 5) is 10.7. The maximum Gasteiger partial charge on any atom is 0.338 e. The highest BCUT2D eigenvalue weighted by atomic mass is 19.1. The average molecular weight is 241 g/mol. The second-order valence-corrected chi connectivity index (χ2v) is 3.78. The number of anilines is 1. The molecule has 0 amide bonds. The van der Waals surface area contributed by atoms with Crippen molar-refractivity contribution in [2.75, 3.05) is 18.9 Å². The third-order valence-electron chi connectivity index (χ3n) is 2.51. The number of ether oxygens (including phenoxy) is 2. The number of carboxylic acid groups (broad SMARTS) is 1. The van der Waals surface area contributed by atoms with Gasteiger partial charge in [0.05, 0.1) is 24.5 Å². The first kappa shape index (κ1) is 11.7. The zero-order valence-corrected chi connectivity index (χ0v) is 8.98. The maximum absolute atomic E-state index is 13.4. The molecule has 0 aliphatic carbocycles. The smallest absolute Gasteiger partial charge is 0.338 e. The van der Waals surface area contributed by atoms with Crippen molar-refractivity contribution in [2.24, 2.45) is 0 Å². The predicted octanol–water partition coefficient (Wildman–Crippen LogP) is 1.27. The summed E-state index contributed by atoms with van der Waals surface area (Å²) in [7, 11) is 0. The van der Waals surface area contributed by atoms with E-state index >= 15 is 0 Å². The van der Waals surface area contributed by atoms with Gasteiger partial charge in [-0.15, -0.1) is 0 Å². The van der Waals surface area contributed by atoms with Crippen LogP contribution in [0.1, 0.15) is 16.8 Å². The van der Waals surface area contributed by atoms with Crippen LogP contribution in [0.4, 0.5) is 10.1 Å². The molecule has 0 spiro atoms. The number of rotatable bonds is 3. The zero-order valence-electron chi connectivity index (χ0n) is 8.98. The Labute approximate surface area is 96.9 Å². The first-order valence-corrected chi connectivity index (χ1v) is 5.14. The third-order valence-corrected chi connectivity index (χ3v) is 2.51. The molecule has 1 aromatic carbocycles. The Morgan fingerprint density at radius 1 is 1.59 bits per heavy atom. The van der Waals surface area contributed by atoms with E-state index in [0.29, 0.717) is 19.6 Å². The molecule has 1 aliphatic heterocycles. The molecular weight excluding hydrogens is 229 g/mol. The Hall–Kier alpha value is -1.82. The van der Waals surface area contributed by atoms with Gasteiger partial charge in [-0.25, -0.2) is 9.18 Å². The molecule has 3 N–H and O–H groups in total. The van der Waals surface area contributed by atoms with Gasteiger partial charge in [-0.3, -0.25) is 0 Å². The SMILES string of the molecule is Nc1cc(C(=O)O)c(F)cc1OC1CCOC1. The Kier molecular flexibility index (Phi) is 3.14. The number of benzene rings is 1. The van der Waals surface area contributed by atoms with Gasteiger partial charge >= 0.3 is 5.97 Å². The van der Waals surface area contributed by atoms with Crippen molar-refractivity contribution in [1.29, 1.82) is 0 Å². The van der Waals surface area contributed by atoms with Crippen LogP contribution in [-0.2, 0) is 4.74 Å². The summed E-state index contributed by atoms with van der Waals surface area (Å²) in [5.74, 6) is -2.06. The van der Waals surface area contributed by atoms with Crippen LogP contribution >= 0.6 is 0 Å². The highest BCUT2D eigenvalue weighted by molar-refractivity contribution is 5.89. The number of nitrogen functional groups attached to an aromatic ring is 1. The average Bonchev–Trinajstić information content (AvgIpc) is 2.75. The molecule has 92 valence electrons. The van der Waals surface area contributed by atoms with Crippen LogP contribution in [0.2, 0.25) is 0 Å². The van der Waals surface area contributed by atoms with Crippen LogP contribution in [0.15, 0.2) is 12.1 Å². The van der Waals surface area contributed by atoms with Crippen LogP contribution in [0.3, 0.4) is 0 Å². The largest absolute Gasteiger partial charge is 0.486 e. The summed E-state index contributed by atoms with van der Waals surface area (Å²) in [5, 5.41) is 8.71. The summed E-state index contributed by atoms with van der Waals surface area (Å²) in [6.07, 6.45) is 0.550. The van der Waals surface area contributed by atoms with E-state index in [0.717, 1.165) is 12.1 Å². The van der Waals surface area contributed by atoms with Gasteiger partial charge in [0, 0.05) is 12.5 Å². The van der Waals surface area contributed by atoms with Crippen molar-refractivity contribution in [1.82, 2.24) is 0 Å². The van der Waals surface area contributed by atoms with Gasteiger partial charge in [-0.2, -0.15) is 0 Å². The molecule has 2 rings (SSSR count). The van der Waals surface area contributed by atoms with Crippen molar-refractivity contribution < 1.29 is 23.8 Å². The summed E-state index contributed by atoms with van der Waals surface area (Å²) in [6, 6.07) is 2.06. The lowest BCUT2D eigenvalue weighted by atomic mass is 10.1. The van der Waals surface area contributed by atoms with Gasteiger partial charge in [-0.1, -0.05) is 0 Å². The van der Waals surface area contributed by atoms with Crippen LogP contribution in [0.25, 0.3) is 0 Å². The van der Waals surface area contributed by atoms with E-state index in [1.165, 1.54) is 0 Å². The molecule has 1 saturated heterocycles. The highest BCUT2D eigenvalue weighted by Gasteiger charge is 2.20. The number of hydrogen-bond donors (Lipinski definition) is 2. The molecule has 0 bridgehead atoms. The second kappa shape index (κ2) is 4.58. The van der Waals surface area contributed by atoms with Crippen molar-refractivity contribution in [3.63, 3.8) is 0 Å². The van der Waals surface area contributed by atoms with E-state index in [1.54, 1.807) is 0 Å². The molecule has 1 aromatic rings. The third kappa shape index (κ3) is 2.47. The maximum atomic E-state index is 13.4. The van der Waals surface area contributed by atoms with Gasteiger partial charge in [0.15, 0.2) is 0 Å². The zero-order chi connectivity index (χ0) is 12.4. The van der Waals surface area contributed by atoms with Crippen molar-refractivity contribution in [3.8, 4) is 5.75 Å². The predicted molar refractivity (Wildman–Crippen MR) is 57.6 cm³/mol. The van der Waals surface area contributed by atoms with Gasteiger partial charge in [0.2, 0.25) is 0 Å². The summed E-state index contributed by atoms with van der Waals surface area (Å²) < 4.78 is 24.0. The molecular formula is C11H12FNO4. The minimum atomic E-state index is -1.36. The first-order chi connectivity index (χ1) is 8.08. The van der Waals surface area contributed by atoms with E-state index in [1.807, 2.05) is 0 Å². The molecule has 0 saturated carbocycles. The monoisotopic (exact) mass is 241 g/mol. The van der Waals surface area contributed by atoms with Crippen molar-refractivity contribution in [3.05, 3.63) is 23.5 Å². The van der Waals surface area contributed by atoms with Gasteiger partial charge in [-0.05, 0) is 6.07 Å².